The highest BCUT2D eigenvalue weighted by molar-refractivity contribution is 14.1. The molecular weight excluding hydrogens is 511 g/mol. The van der Waals surface area contributed by atoms with Crippen LogP contribution in [-0.4, -0.2) is 12.4 Å². The molecule has 1 heterocycles. The van der Waals surface area contributed by atoms with Crippen molar-refractivity contribution in [3.05, 3.63) is 59.5 Å². The van der Waals surface area contributed by atoms with Crippen LogP contribution in [0.25, 0.3) is 0 Å². The van der Waals surface area contributed by atoms with E-state index < -0.39 is 0 Å². The topological polar surface area (TPSA) is 26.3 Å². The average Bonchev–Trinajstić information content (AvgIpc) is 2.89. The minimum Gasteiger partial charge on any atom is -0.493 e. The SMILES string of the molecule is O=C(Cc1cc(Br)cc2c1OCC2)c1cc(I)ccc1Br. The smallest absolute Gasteiger partial charge is 0.168 e. The van der Waals surface area contributed by atoms with E-state index in [0.29, 0.717) is 18.6 Å². The number of hydrogen-bond acceptors (Lipinski definition) is 2. The van der Waals surface area contributed by atoms with Gasteiger partial charge in [-0.1, -0.05) is 31.9 Å². The van der Waals surface area contributed by atoms with Gasteiger partial charge in [0.25, 0.3) is 0 Å². The standard InChI is InChI=1S/C16H11Br2IO2/c17-11-5-9-3-4-21-16(9)10(6-11)7-15(20)13-8-12(19)1-2-14(13)18/h1-2,5-6,8H,3-4,7H2. The van der Waals surface area contributed by atoms with Crippen LogP contribution in [0.3, 0.4) is 0 Å². The Kier molecular flexibility index (Phi) is 4.71. The van der Waals surface area contributed by atoms with Gasteiger partial charge >= 0.3 is 0 Å². The van der Waals surface area contributed by atoms with Gasteiger partial charge in [0, 0.05) is 36.5 Å². The highest BCUT2D eigenvalue weighted by Crippen LogP contribution is 2.34. The summed E-state index contributed by atoms with van der Waals surface area (Å²) in [6, 6.07) is 9.84. The molecule has 0 unspecified atom stereocenters. The van der Waals surface area contributed by atoms with Gasteiger partial charge in [-0.3, -0.25) is 4.79 Å². The van der Waals surface area contributed by atoms with Crippen LogP contribution in [-0.2, 0) is 12.8 Å². The molecule has 2 aromatic rings. The molecule has 21 heavy (non-hydrogen) atoms. The normalized spacial score (nSPS) is 12.9. The van der Waals surface area contributed by atoms with Gasteiger partial charge in [0.1, 0.15) is 5.75 Å². The molecular formula is C16H11Br2IO2. The second kappa shape index (κ2) is 6.38. The molecule has 0 saturated heterocycles. The molecule has 0 spiro atoms. The summed E-state index contributed by atoms with van der Waals surface area (Å²) in [5.74, 6) is 0.976. The number of benzene rings is 2. The first-order chi connectivity index (χ1) is 10.0. The van der Waals surface area contributed by atoms with E-state index in [4.69, 9.17) is 4.74 Å². The van der Waals surface area contributed by atoms with Gasteiger partial charge in [-0.2, -0.15) is 0 Å². The highest BCUT2D eigenvalue weighted by Gasteiger charge is 2.20. The van der Waals surface area contributed by atoms with Gasteiger partial charge in [0.05, 0.1) is 6.61 Å². The first-order valence-corrected chi connectivity index (χ1v) is 9.13. The van der Waals surface area contributed by atoms with Gasteiger partial charge in [-0.15, -0.1) is 0 Å². The first-order valence-electron chi connectivity index (χ1n) is 6.47. The van der Waals surface area contributed by atoms with Gasteiger partial charge in [0.2, 0.25) is 0 Å². The molecule has 2 aromatic carbocycles. The Bertz CT molecular complexity index is 728. The molecule has 0 aromatic heterocycles. The molecule has 1 aliphatic rings. The van der Waals surface area contributed by atoms with E-state index in [0.717, 1.165) is 30.2 Å². The Morgan fingerprint density at radius 1 is 1.24 bits per heavy atom. The number of ether oxygens (including phenoxy) is 1. The fraction of sp³-hybridized carbons (Fsp3) is 0.188. The Hall–Kier alpha value is -0.400. The maximum Gasteiger partial charge on any atom is 0.168 e. The highest BCUT2D eigenvalue weighted by atomic mass is 127. The van der Waals surface area contributed by atoms with E-state index in [9.17, 15) is 4.79 Å². The summed E-state index contributed by atoms with van der Waals surface area (Å²) < 4.78 is 8.57. The van der Waals surface area contributed by atoms with Gasteiger partial charge in [0.15, 0.2) is 5.78 Å². The second-order valence-electron chi connectivity index (χ2n) is 4.88. The van der Waals surface area contributed by atoms with Crippen LogP contribution in [0, 0.1) is 3.57 Å². The molecule has 108 valence electrons. The quantitative estimate of drug-likeness (QED) is 0.411. The van der Waals surface area contributed by atoms with Crippen LogP contribution < -0.4 is 4.74 Å². The van der Waals surface area contributed by atoms with Crippen molar-refractivity contribution in [1.29, 1.82) is 0 Å². The van der Waals surface area contributed by atoms with Gasteiger partial charge in [-0.25, -0.2) is 0 Å². The molecule has 1 aliphatic heterocycles. The Labute approximate surface area is 153 Å². The number of halogens is 3. The largest absolute Gasteiger partial charge is 0.493 e. The molecule has 0 bridgehead atoms. The average molecular weight is 522 g/mol. The fourth-order valence-electron chi connectivity index (χ4n) is 2.46. The van der Waals surface area contributed by atoms with Crippen molar-refractivity contribution in [2.45, 2.75) is 12.8 Å². The van der Waals surface area contributed by atoms with Gasteiger partial charge < -0.3 is 4.74 Å². The van der Waals surface area contributed by atoms with E-state index in [1.807, 2.05) is 24.3 Å². The van der Waals surface area contributed by atoms with Crippen molar-refractivity contribution < 1.29 is 9.53 Å². The Balaban J connectivity index is 1.94. The van der Waals surface area contributed by atoms with Crippen LogP contribution in [0.4, 0.5) is 0 Å². The molecule has 0 fully saturated rings. The van der Waals surface area contributed by atoms with E-state index >= 15 is 0 Å². The van der Waals surface area contributed by atoms with Crippen molar-refractivity contribution in [3.63, 3.8) is 0 Å². The summed E-state index contributed by atoms with van der Waals surface area (Å²) in [5, 5.41) is 0. The van der Waals surface area contributed by atoms with Crippen LogP contribution in [0.5, 0.6) is 5.75 Å². The maximum atomic E-state index is 12.6. The summed E-state index contributed by atoms with van der Waals surface area (Å²) >= 11 is 9.18. The third-order valence-corrected chi connectivity index (χ3v) is 5.23. The van der Waals surface area contributed by atoms with E-state index in [1.54, 1.807) is 0 Å². The summed E-state index contributed by atoms with van der Waals surface area (Å²) in [6.07, 6.45) is 1.25. The van der Waals surface area contributed by atoms with Gasteiger partial charge in [-0.05, 0) is 58.5 Å². The number of carbonyl (C=O) groups is 1. The molecule has 3 rings (SSSR count). The Morgan fingerprint density at radius 3 is 2.86 bits per heavy atom. The number of rotatable bonds is 3. The molecule has 0 aliphatic carbocycles. The molecule has 5 heteroatoms. The molecule has 0 amide bonds. The lowest BCUT2D eigenvalue weighted by Gasteiger charge is -2.10. The molecule has 0 N–H and O–H groups in total. The Morgan fingerprint density at radius 2 is 2.05 bits per heavy atom. The number of Topliss-reactive ketones (excluding diaryl/α,β-unsaturated/α-hetero) is 1. The summed E-state index contributed by atoms with van der Waals surface area (Å²) in [5.41, 5.74) is 2.84. The number of fused-ring (bicyclic) bond motifs is 1. The van der Waals surface area contributed by atoms with E-state index in [2.05, 4.69) is 60.5 Å². The second-order valence-corrected chi connectivity index (χ2v) is 7.89. The molecule has 0 saturated carbocycles. The maximum absolute atomic E-state index is 12.6. The third kappa shape index (κ3) is 3.35. The van der Waals surface area contributed by atoms with Crippen LogP contribution >= 0.6 is 54.5 Å². The third-order valence-electron chi connectivity index (χ3n) is 3.41. The fourth-order valence-corrected chi connectivity index (χ4v) is 3.97. The monoisotopic (exact) mass is 520 g/mol. The molecule has 2 nitrogen and oxygen atoms in total. The predicted octanol–water partition coefficient (Wildman–Crippen LogP) is 5.18. The minimum absolute atomic E-state index is 0.0937. The zero-order valence-electron chi connectivity index (χ0n) is 11.0. The lowest BCUT2D eigenvalue weighted by Crippen LogP contribution is -2.06. The number of hydrogen-bond donors (Lipinski definition) is 0. The number of ketones is 1. The van der Waals surface area contributed by atoms with Crippen molar-refractivity contribution >= 4 is 60.2 Å². The van der Waals surface area contributed by atoms with Crippen molar-refractivity contribution in [2.75, 3.05) is 6.61 Å². The first kappa shape index (κ1) is 15.5. The van der Waals surface area contributed by atoms with Crippen LogP contribution in [0.2, 0.25) is 0 Å². The van der Waals surface area contributed by atoms with Crippen molar-refractivity contribution in [1.82, 2.24) is 0 Å². The van der Waals surface area contributed by atoms with Crippen molar-refractivity contribution in [3.8, 4) is 5.75 Å². The van der Waals surface area contributed by atoms with Crippen LogP contribution in [0.15, 0.2) is 39.3 Å². The minimum atomic E-state index is 0.0937. The summed E-state index contributed by atoms with van der Waals surface area (Å²) in [6.45, 7) is 0.694. The van der Waals surface area contributed by atoms with Crippen LogP contribution in [0.1, 0.15) is 21.5 Å². The lowest BCUT2D eigenvalue weighted by molar-refractivity contribution is 0.0991. The number of carbonyl (C=O) groups excluding carboxylic acids is 1. The lowest BCUT2D eigenvalue weighted by atomic mass is 10.00. The van der Waals surface area contributed by atoms with Crippen molar-refractivity contribution in [2.24, 2.45) is 0 Å². The molecule has 0 radical (unpaired) electrons. The van der Waals surface area contributed by atoms with E-state index in [-0.39, 0.29) is 5.78 Å². The summed E-state index contributed by atoms with van der Waals surface area (Å²) in [7, 11) is 0. The zero-order valence-corrected chi connectivity index (χ0v) is 16.3. The molecule has 0 atom stereocenters. The zero-order chi connectivity index (χ0) is 15.0. The predicted molar refractivity (Wildman–Crippen MR) is 98.2 cm³/mol. The van der Waals surface area contributed by atoms with E-state index in [1.165, 1.54) is 5.56 Å². The summed E-state index contributed by atoms with van der Waals surface area (Å²) in [4.78, 5) is 12.6.